The van der Waals surface area contributed by atoms with Crippen LogP contribution in [0, 0.1) is 17.8 Å². The Morgan fingerprint density at radius 2 is 1.39 bits per heavy atom. The highest BCUT2D eigenvalue weighted by atomic mass is 35.5. The number of allylic oxidation sites excluding steroid dienone is 1. The Labute approximate surface area is 668 Å². The van der Waals surface area contributed by atoms with Gasteiger partial charge in [0.2, 0.25) is 23.6 Å². The van der Waals surface area contributed by atoms with Gasteiger partial charge >= 0.3 is 11.5 Å². The predicted molar refractivity (Wildman–Crippen MR) is 430 cm³/mol. The molecule has 3 atom stereocenters. The Bertz CT molecular complexity index is 4480. The van der Waals surface area contributed by atoms with Gasteiger partial charge in [-0.25, -0.2) is 31.3 Å². The van der Waals surface area contributed by atoms with E-state index >= 15 is 0 Å². The van der Waals surface area contributed by atoms with Crippen LogP contribution in [0.2, 0.25) is 5.02 Å². The number of carbonyl (C=O) groups excluding carboxylic acids is 6. The summed E-state index contributed by atoms with van der Waals surface area (Å²) in [6.45, 7) is 19.7. The molecule has 606 valence electrons. The van der Waals surface area contributed by atoms with E-state index in [2.05, 4.69) is 72.2 Å². The van der Waals surface area contributed by atoms with Crippen molar-refractivity contribution in [2.75, 3.05) is 127 Å². The first kappa shape index (κ1) is 86.3. The molecule has 32 heteroatoms. The summed E-state index contributed by atoms with van der Waals surface area (Å²) in [6, 6.07) is 31.2. The number of halogens is 4. The fraction of sp³-hybridized carbons (Fsp3) is 0.487. The topological polar surface area (TPSA) is 290 Å². The van der Waals surface area contributed by atoms with E-state index in [0.717, 1.165) is 83.3 Å². The summed E-state index contributed by atoms with van der Waals surface area (Å²) in [7, 11) is -11.1. The molecule has 6 N–H and O–H groups in total. The number of carbonyl (C=O) groups is 6. The van der Waals surface area contributed by atoms with Gasteiger partial charge in [0.05, 0.1) is 53.1 Å². The predicted octanol–water partition coefficient (Wildman–Crippen LogP) is 11.0. The summed E-state index contributed by atoms with van der Waals surface area (Å²) in [5.74, 6) is -2.29. The normalized spacial score (nSPS) is 17.2. The van der Waals surface area contributed by atoms with Crippen molar-refractivity contribution in [3.8, 4) is 10.4 Å². The van der Waals surface area contributed by atoms with Gasteiger partial charge in [-0.15, -0.1) is 23.1 Å². The number of hydrogen-bond donors (Lipinski definition) is 6. The number of thiazole rings is 1. The molecule has 0 unspecified atom stereocenters. The smallest absolute Gasteiger partial charge is 0.380 e. The number of aromatic nitrogens is 1. The molecule has 3 fully saturated rings. The maximum absolute atomic E-state index is 14.6. The molecule has 0 radical (unpaired) electrons. The second-order valence-electron chi connectivity index (χ2n) is 30.4. The Morgan fingerprint density at radius 1 is 0.741 bits per heavy atom. The van der Waals surface area contributed by atoms with Crippen molar-refractivity contribution in [2.45, 2.75) is 138 Å². The minimum absolute atomic E-state index is 0.0436. The molecule has 1 aliphatic carbocycles. The number of alkyl halides is 3. The van der Waals surface area contributed by atoms with Crippen LogP contribution in [0.15, 0.2) is 147 Å². The van der Waals surface area contributed by atoms with Crippen molar-refractivity contribution in [2.24, 2.45) is 10.8 Å². The van der Waals surface area contributed by atoms with Crippen LogP contribution in [-0.4, -0.2) is 218 Å². The molecule has 3 aliphatic heterocycles. The molecule has 0 saturated carbocycles. The van der Waals surface area contributed by atoms with E-state index in [1.54, 1.807) is 38.8 Å². The number of urea groups is 1. The molecule has 112 heavy (non-hydrogen) atoms. The standard InChI is InChI=1S/C80H102ClF3N12O12S4/c1-55-72(110-54-88-55)58-16-14-56(15-17-58)51-87-75(100)68-13-10-35-96(68)76(101)73(78(2,3)4)90-71(98)29-28-70(97)85-33-45-107-47-48-108-46-34-86-77(102)95-43-37-92(38-44-95)36-31-62(53-109-64-11-8-7-9-12-64)89-67-27-26-65(49-69(67)111(103,104)80(82,83)84)112(105,106)91-74(99)59-20-24-63(25-21-59)94-41-39-93(40-42-94)52-60-50-79(5,6)32-30-66(60)57-18-22-61(81)23-19-57/h7-9,11-12,14-27,49,54,62,68,73,89H,10,13,28-48,50-53H2,1-6H3,(H,85,97)(H,86,102)(H,87,100)(H,90,98)(H,91,99)/t62-,68+,73-/m1/s1. The number of ether oxygens (including phenoxy) is 2. The van der Waals surface area contributed by atoms with Gasteiger partial charge in [0.25, 0.3) is 25.8 Å². The van der Waals surface area contributed by atoms with Gasteiger partial charge < -0.3 is 50.8 Å². The average Bonchev–Trinajstić information content (AvgIpc) is 0.882. The number of nitrogens with zero attached hydrogens (tertiary/aromatic N) is 6. The van der Waals surface area contributed by atoms with Crippen LogP contribution in [0.25, 0.3) is 16.0 Å². The molecular weight excluding hydrogens is 1540 g/mol. The number of anilines is 2. The first-order valence-electron chi connectivity index (χ1n) is 37.9. The first-order valence-corrected chi connectivity index (χ1v) is 43.1. The van der Waals surface area contributed by atoms with Gasteiger partial charge in [0.1, 0.15) is 17.0 Å². The van der Waals surface area contributed by atoms with Crippen LogP contribution >= 0.6 is 34.7 Å². The summed E-state index contributed by atoms with van der Waals surface area (Å²) in [5, 5.41) is 15.1. The number of benzene rings is 5. The molecule has 5 aromatic carbocycles. The number of hydrogen-bond acceptors (Lipinski definition) is 19. The Morgan fingerprint density at radius 3 is 2.04 bits per heavy atom. The van der Waals surface area contributed by atoms with Crippen LogP contribution in [-0.2, 0) is 55.1 Å². The lowest BCUT2D eigenvalue weighted by Crippen LogP contribution is -2.57. The summed E-state index contributed by atoms with van der Waals surface area (Å²) in [5.41, 5.74) is 2.66. The zero-order chi connectivity index (χ0) is 80.4. The Hall–Kier alpha value is -8.14. The van der Waals surface area contributed by atoms with Crippen LogP contribution < -0.4 is 36.2 Å². The second kappa shape index (κ2) is 39.3. The highest BCUT2D eigenvalue weighted by Crippen LogP contribution is 2.44. The van der Waals surface area contributed by atoms with Crippen molar-refractivity contribution in [3.63, 3.8) is 0 Å². The molecule has 7 amide bonds. The third kappa shape index (κ3) is 24.2. The van der Waals surface area contributed by atoms with Crippen LogP contribution in [0.3, 0.4) is 0 Å². The molecule has 4 aliphatic rings. The van der Waals surface area contributed by atoms with Gasteiger partial charge in [0.15, 0.2) is 0 Å². The van der Waals surface area contributed by atoms with Crippen molar-refractivity contribution in [1.82, 2.24) is 50.6 Å². The Kier molecular flexibility index (Phi) is 30.2. The van der Waals surface area contributed by atoms with Crippen LogP contribution in [0.4, 0.5) is 29.3 Å². The maximum Gasteiger partial charge on any atom is 0.501 e. The van der Waals surface area contributed by atoms with Gasteiger partial charge in [-0.3, -0.25) is 33.8 Å². The molecule has 6 aromatic rings. The third-order valence-corrected chi connectivity index (χ3v) is 25.7. The highest BCUT2D eigenvalue weighted by molar-refractivity contribution is 7.99. The van der Waals surface area contributed by atoms with Gasteiger partial charge in [-0.1, -0.05) is 106 Å². The quantitative estimate of drug-likeness (QED) is 0.0162. The maximum atomic E-state index is 14.6. The molecule has 24 nitrogen and oxygen atoms in total. The first-order chi connectivity index (χ1) is 53.3. The lowest BCUT2D eigenvalue weighted by Gasteiger charge is -2.39. The van der Waals surface area contributed by atoms with E-state index in [-0.39, 0.29) is 92.8 Å². The number of amides is 7. The third-order valence-electron chi connectivity index (χ3n) is 20.5. The molecule has 3 saturated heterocycles. The van der Waals surface area contributed by atoms with Gasteiger partial charge in [-0.05, 0) is 145 Å². The molecule has 0 spiro atoms. The number of thioether (sulfide) groups is 1. The number of sulfone groups is 1. The van der Waals surface area contributed by atoms with E-state index in [4.69, 9.17) is 21.1 Å². The zero-order valence-corrected chi connectivity index (χ0v) is 68.2. The van der Waals surface area contributed by atoms with E-state index in [1.807, 2.05) is 99.1 Å². The minimum atomic E-state index is -6.18. The van der Waals surface area contributed by atoms with E-state index in [9.17, 15) is 58.8 Å². The van der Waals surface area contributed by atoms with Crippen molar-refractivity contribution in [3.05, 3.63) is 160 Å². The highest BCUT2D eigenvalue weighted by Gasteiger charge is 2.49. The summed E-state index contributed by atoms with van der Waals surface area (Å²) in [4.78, 5) is 94.2. The molecule has 10 rings (SSSR count). The van der Waals surface area contributed by atoms with Crippen LogP contribution in [0.1, 0.15) is 113 Å². The lowest BCUT2D eigenvalue weighted by molar-refractivity contribution is -0.144. The number of piperazine rings is 2. The fourth-order valence-corrected chi connectivity index (χ4v) is 18.0. The number of rotatable bonds is 34. The molecule has 4 heterocycles. The molecule has 1 aromatic heterocycles. The minimum Gasteiger partial charge on any atom is -0.380 e. The van der Waals surface area contributed by atoms with Gasteiger partial charge in [-0.2, -0.15) is 13.2 Å². The van der Waals surface area contributed by atoms with Crippen molar-refractivity contribution >= 4 is 107 Å². The Balaban J connectivity index is 0.619. The number of nitrogens with one attached hydrogen (secondary N) is 6. The monoisotopic (exact) mass is 1640 g/mol. The average molecular weight is 1640 g/mol. The van der Waals surface area contributed by atoms with E-state index in [1.165, 1.54) is 40.6 Å². The largest absolute Gasteiger partial charge is 0.501 e. The lowest BCUT2D eigenvalue weighted by atomic mass is 9.73. The van der Waals surface area contributed by atoms with E-state index in [0.29, 0.717) is 89.3 Å². The van der Waals surface area contributed by atoms with E-state index < -0.39 is 76.2 Å². The summed E-state index contributed by atoms with van der Waals surface area (Å²) in [6.07, 6.45) is 4.21. The number of likely N-dealkylation sites (tertiary alicyclic amines) is 1. The SMILES string of the molecule is Cc1ncsc1-c1ccc(CNC(=O)[C@@H]2CCCN2C(=O)[C@@H](NC(=O)CCC(=O)NCCOCCOCCNC(=O)N2CCN(CC[C@H](CSc3ccccc3)Nc3ccc(S(=O)(=O)NC(=O)c4ccc(N5CCN(CC6=C(c7ccc(Cl)cc7)CCC(C)(C)C6)CC5)cc4)cc3S(=O)(=O)C(F)(F)F)CC2)C(C)(C)C)cc1. The number of sulfonamides is 1. The van der Waals surface area contributed by atoms with Gasteiger partial charge in [0, 0.05) is 137 Å². The van der Waals surface area contributed by atoms with Crippen molar-refractivity contribution in [1.29, 1.82) is 0 Å². The summed E-state index contributed by atoms with van der Waals surface area (Å²) >= 11 is 9.18. The zero-order valence-electron chi connectivity index (χ0n) is 64.2. The number of aryl methyl sites for hydroxylation is 1. The summed E-state index contributed by atoms with van der Waals surface area (Å²) < 4.78 is 111. The van der Waals surface area contributed by atoms with Crippen molar-refractivity contribution < 1.29 is 68.2 Å². The molecule has 0 bridgehead atoms. The van der Waals surface area contributed by atoms with Crippen LogP contribution in [0.5, 0.6) is 0 Å². The molecular formula is C80H102ClF3N12O12S4. The fourth-order valence-electron chi connectivity index (χ4n) is 14.1. The second-order valence-corrected chi connectivity index (χ2v) is 36.4.